The molecule has 1 aromatic heterocycles. The Kier molecular flexibility index (Phi) is 9.81. The van der Waals surface area contributed by atoms with Crippen LogP contribution in [0.15, 0.2) is 57.5 Å². The number of esters is 3. The summed E-state index contributed by atoms with van der Waals surface area (Å²) < 4.78 is 29.1. The van der Waals surface area contributed by atoms with E-state index < -0.39 is 23.9 Å². The lowest BCUT2D eigenvalue weighted by Crippen LogP contribution is -2.40. The van der Waals surface area contributed by atoms with Crippen LogP contribution >= 0.6 is 11.3 Å². The van der Waals surface area contributed by atoms with E-state index in [4.69, 9.17) is 23.7 Å². The third-order valence-electron chi connectivity index (χ3n) is 6.17. The van der Waals surface area contributed by atoms with E-state index in [1.807, 2.05) is 6.92 Å². The minimum Gasteiger partial charge on any atom is -0.490 e. The Labute approximate surface area is 251 Å². The van der Waals surface area contributed by atoms with Gasteiger partial charge in [-0.2, -0.15) is 0 Å². The van der Waals surface area contributed by atoms with Crippen molar-refractivity contribution >= 4 is 35.3 Å². The van der Waals surface area contributed by atoms with Gasteiger partial charge in [-0.25, -0.2) is 9.79 Å². The quantitative estimate of drug-likeness (QED) is 0.251. The van der Waals surface area contributed by atoms with Crippen LogP contribution in [0, 0.1) is 0 Å². The molecular weight excluding hydrogens is 576 g/mol. The lowest BCUT2D eigenvalue weighted by Gasteiger charge is -2.25. The Balaban J connectivity index is 1.91. The molecule has 0 saturated heterocycles. The molecule has 226 valence electrons. The predicted molar refractivity (Wildman–Crippen MR) is 158 cm³/mol. The van der Waals surface area contributed by atoms with Gasteiger partial charge in [-0.1, -0.05) is 23.5 Å². The van der Waals surface area contributed by atoms with Gasteiger partial charge >= 0.3 is 17.9 Å². The second kappa shape index (κ2) is 13.5. The molecule has 11 nitrogen and oxygen atoms in total. The van der Waals surface area contributed by atoms with Gasteiger partial charge in [0.1, 0.15) is 0 Å². The first-order chi connectivity index (χ1) is 20.6. The van der Waals surface area contributed by atoms with Crippen LogP contribution < -0.4 is 33.8 Å². The van der Waals surface area contributed by atoms with E-state index in [1.165, 1.54) is 18.4 Å². The molecule has 4 rings (SSSR count). The lowest BCUT2D eigenvalue weighted by atomic mass is 9.95. The lowest BCUT2D eigenvalue weighted by molar-refractivity contribution is -0.139. The van der Waals surface area contributed by atoms with Crippen LogP contribution in [0.5, 0.6) is 23.0 Å². The average molecular weight is 609 g/mol. The van der Waals surface area contributed by atoms with Gasteiger partial charge in [-0.15, -0.1) is 0 Å². The first-order valence-electron chi connectivity index (χ1n) is 13.7. The summed E-state index contributed by atoms with van der Waals surface area (Å²) in [5.74, 6) is -0.481. The number of aromatic nitrogens is 1. The maximum Gasteiger partial charge on any atom is 0.338 e. The molecule has 0 spiro atoms. The second-order valence-corrected chi connectivity index (χ2v) is 10.3. The van der Waals surface area contributed by atoms with E-state index in [1.54, 1.807) is 63.2 Å². The molecule has 12 heteroatoms. The molecule has 0 amide bonds. The predicted octanol–water partition coefficient (Wildman–Crippen LogP) is 3.45. The summed E-state index contributed by atoms with van der Waals surface area (Å²) in [4.78, 5) is 55.4. The molecule has 2 heterocycles. The number of rotatable bonds is 10. The van der Waals surface area contributed by atoms with E-state index in [-0.39, 0.29) is 35.0 Å². The number of thiazole rings is 1. The number of benzene rings is 2. The van der Waals surface area contributed by atoms with Crippen molar-refractivity contribution in [3.8, 4) is 23.0 Å². The summed E-state index contributed by atoms with van der Waals surface area (Å²) in [6.07, 6.45) is 1.68. The fourth-order valence-electron chi connectivity index (χ4n) is 4.58. The Bertz CT molecular complexity index is 1790. The minimum atomic E-state index is -0.895. The summed E-state index contributed by atoms with van der Waals surface area (Å²) in [5, 5.41) is 0. The van der Waals surface area contributed by atoms with Gasteiger partial charge in [0.05, 0.1) is 41.7 Å². The monoisotopic (exact) mass is 608 g/mol. The summed E-state index contributed by atoms with van der Waals surface area (Å²) in [6, 6.07) is 8.96. The van der Waals surface area contributed by atoms with Gasteiger partial charge in [-0.3, -0.25) is 19.0 Å². The average Bonchev–Trinajstić information content (AvgIpc) is 3.24. The topological polar surface area (TPSA) is 132 Å². The molecule has 2 aromatic carbocycles. The van der Waals surface area contributed by atoms with Crippen molar-refractivity contribution in [1.82, 2.24) is 4.57 Å². The Morgan fingerprint density at radius 3 is 2.07 bits per heavy atom. The van der Waals surface area contributed by atoms with Crippen LogP contribution in [0.25, 0.3) is 6.08 Å². The van der Waals surface area contributed by atoms with Crippen LogP contribution in [0.1, 0.15) is 58.7 Å². The van der Waals surface area contributed by atoms with Gasteiger partial charge in [0.15, 0.2) is 27.8 Å². The van der Waals surface area contributed by atoms with Crippen LogP contribution in [-0.4, -0.2) is 42.3 Å². The largest absolute Gasteiger partial charge is 0.490 e. The van der Waals surface area contributed by atoms with Gasteiger partial charge in [0.25, 0.3) is 5.56 Å². The van der Waals surface area contributed by atoms with E-state index in [0.717, 1.165) is 11.3 Å². The maximum atomic E-state index is 14.0. The second-order valence-electron chi connectivity index (χ2n) is 9.27. The molecule has 0 bridgehead atoms. The van der Waals surface area contributed by atoms with Crippen molar-refractivity contribution < 1.29 is 38.1 Å². The standard InChI is InChI=1S/C31H32N2O9S/c1-7-38-24-14-20(10-12-22(24)41-18(5)34)15-26-29(36)33-28(27(30(37)40-9-3)17(4)32-31(33)43-26)21-11-13-23(42-19(6)35)25(16-21)39-8-2/h10-16,28H,7-9H2,1-6H3/b26-15+/t28-/m0/s1. The van der Waals surface area contributed by atoms with Gasteiger partial charge in [-0.05, 0) is 69.2 Å². The van der Waals surface area contributed by atoms with Crippen LogP contribution in [0.4, 0.5) is 0 Å². The Hall–Kier alpha value is -4.71. The van der Waals surface area contributed by atoms with Gasteiger partial charge in [0, 0.05) is 13.8 Å². The van der Waals surface area contributed by atoms with E-state index in [0.29, 0.717) is 45.1 Å². The van der Waals surface area contributed by atoms with E-state index in [9.17, 15) is 19.2 Å². The summed E-state index contributed by atoms with van der Waals surface area (Å²) in [5.41, 5.74) is 1.39. The highest BCUT2D eigenvalue weighted by Crippen LogP contribution is 2.36. The van der Waals surface area contributed by atoms with E-state index >= 15 is 0 Å². The van der Waals surface area contributed by atoms with Crippen molar-refractivity contribution in [3.05, 3.63) is 78.5 Å². The van der Waals surface area contributed by atoms with Crippen LogP contribution in [-0.2, 0) is 19.1 Å². The minimum absolute atomic E-state index is 0.133. The first kappa shape index (κ1) is 31.2. The number of carbonyl (C=O) groups is 3. The number of hydrogen-bond acceptors (Lipinski definition) is 11. The Morgan fingerprint density at radius 1 is 0.884 bits per heavy atom. The van der Waals surface area contributed by atoms with Crippen LogP contribution in [0.3, 0.4) is 0 Å². The SMILES string of the molecule is CCOC(=O)C1=C(C)N=c2s/c(=C/c3ccc(OC(C)=O)c(OCC)c3)c(=O)n2[C@H]1c1ccc(OC(C)=O)c(OCC)c1. The molecule has 43 heavy (non-hydrogen) atoms. The highest BCUT2D eigenvalue weighted by molar-refractivity contribution is 7.07. The molecule has 0 saturated carbocycles. The van der Waals surface area contributed by atoms with Crippen molar-refractivity contribution in [2.75, 3.05) is 19.8 Å². The number of hydrogen-bond donors (Lipinski definition) is 0. The molecule has 1 aliphatic heterocycles. The maximum absolute atomic E-state index is 14.0. The van der Waals surface area contributed by atoms with Crippen molar-refractivity contribution in [1.29, 1.82) is 0 Å². The molecule has 0 unspecified atom stereocenters. The zero-order valence-corrected chi connectivity index (χ0v) is 25.5. The summed E-state index contributed by atoms with van der Waals surface area (Å²) in [7, 11) is 0. The number of carbonyl (C=O) groups excluding carboxylic acids is 3. The fraction of sp³-hybridized carbons (Fsp3) is 0.323. The third-order valence-corrected chi connectivity index (χ3v) is 7.16. The summed E-state index contributed by atoms with van der Waals surface area (Å²) in [6.45, 7) is 10.3. The smallest absolute Gasteiger partial charge is 0.338 e. The van der Waals surface area contributed by atoms with Crippen LogP contribution in [0.2, 0.25) is 0 Å². The highest BCUT2D eigenvalue weighted by Gasteiger charge is 2.34. The number of fused-ring (bicyclic) bond motifs is 1. The molecule has 1 atom stereocenters. The molecule has 1 aliphatic rings. The van der Waals surface area contributed by atoms with E-state index in [2.05, 4.69) is 4.99 Å². The number of ether oxygens (including phenoxy) is 5. The zero-order chi connectivity index (χ0) is 31.3. The first-order valence-corrected chi connectivity index (χ1v) is 14.5. The van der Waals surface area contributed by atoms with Crippen molar-refractivity contribution in [2.45, 2.75) is 47.6 Å². The molecule has 3 aromatic rings. The summed E-state index contributed by atoms with van der Waals surface area (Å²) >= 11 is 1.16. The third kappa shape index (κ3) is 6.86. The fourth-order valence-corrected chi connectivity index (χ4v) is 5.63. The zero-order valence-electron chi connectivity index (χ0n) is 24.7. The number of nitrogens with zero attached hydrogens (tertiary/aromatic N) is 2. The van der Waals surface area contributed by atoms with Crippen molar-refractivity contribution in [2.24, 2.45) is 4.99 Å². The highest BCUT2D eigenvalue weighted by atomic mass is 32.1. The molecule has 0 N–H and O–H groups in total. The molecular formula is C31H32N2O9S. The molecule has 0 radical (unpaired) electrons. The van der Waals surface area contributed by atoms with Crippen molar-refractivity contribution in [3.63, 3.8) is 0 Å². The molecule has 0 fully saturated rings. The molecule has 0 aliphatic carbocycles. The van der Waals surface area contributed by atoms with Gasteiger partial charge < -0.3 is 23.7 Å². The normalized spacial score (nSPS) is 14.5. The number of allylic oxidation sites excluding steroid dienone is 1. The Morgan fingerprint density at radius 2 is 1.49 bits per heavy atom. The van der Waals surface area contributed by atoms with Gasteiger partial charge in [0.2, 0.25) is 0 Å².